The Kier molecular flexibility index (Phi) is 7.83. The molecule has 2 aliphatic carbocycles. The molecule has 0 bridgehead atoms. The van der Waals surface area contributed by atoms with E-state index in [0.717, 1.165) is 24.0 Å². The van der Waals surface area contributed by atoms with Gasteiger partial charge >= 0.3 is 0 Å². The number of halogens is 2. The van der Waals surface area contributed by atoms with Gasteiger partial charge in [-0.2, -0.15) is 0 Å². The van der Waals surface area contributed by atoms with E-state index in [0.29, 0.717) is 24.0 Å². The lowest BCUT2D eigenvalue weighted by Crippen LogP contribution is -2.43. The van der Waals surface area contributed by atoms with E-state index >= 15 is 8.78 Å². The molecule has 2 atom stereocenters. The number of benzene rings is 2. The van der Waals surface area contributed by atoms with Gasteiger partial charge in [0, 0.05) is 10.6 Å². The van der Waals surface area contributed by atoms with Crippen molar-refractivity contribution in [3.8, 4) is 0 Å². The van der Waals surface area contributed by atoms with E-state index in [9.17, 15) is 0 Å². The SMILES string of the molecule is C/C=C/CCC1(CCc2ccc(C3CCC(CC)CC3)cc2)C=c2ccccc2=C(F)C1F. The van der Waals surface area contributed by atoms with E-state index in [4.69, 9.17) is 0 Å². The highest BCUT2D eigenvalue weighted by molar-refractivity contribution is 5.55. The van der Waals surface area contributed by atoms with Gasteiger partial charge in [-0.25, -0.2) is 8.78 Å². The Labute approximate surface area is 198 Å². The third-order valence-electron chi connectivity index (χ3n) is 8.15. The molecule has 0 amide bonds. The Balaban J connectivity index is 1.51. The first kappa shape index (κ1) is 23.9. The van der Waals surface area contributed by atoms with Crippen molar-refractivity contribution in [2.45, 2.75) is 83.7 Å². The lowest BCUT2D eigenvalue weighted by molar-refractivity contribution is 0.180. The predicted octanol–water partition coefficient (Wildman–Crippen LogP) is 7.56. The summed E-state index contributed by atoms with van der Waals surface area (Å²) >= 11 is 0. The molecule has 33 heavy (non-hydrogen) atoms. The first-order valence-electron chi connectivity index (χ1n) is 12.9. The van der Waals surface area contributed by atoms with Crippen LogP contribution in [-0.2, 0) is 6.42 Å². The van der Waals surface area contributed by atoms with Crippen LogP contribution in [0.1, 0.15) is 82.3 Å². The highest BCUT2D eigenvalue weighted by Crippen LogP contribution is 2.43. The van der Waals surface area contributed by atoms with E-state index in [1.54, 1.807) is 12.1 Å². The molecule has 0 radical (unpaired) electrons. The van der Waals surface area contributed by atoms with Gasteiger partial charge in [-0.05, 0) is 86.5 Å². The fraction of sp³-hybridized carbons (Fsp3) is 0.484. The van der Waals surface area contributed by atoms with E-state index in [1.807, 2.05) is 31.2 Å². The predicted molar refractivity (Wildman–Crippen MR) is 136 cm³/mol. The van der Waals surface area contributed by atoms with Crippen LogP contribution in [0.5, 0.6) is 0 Å². The van der Waals surface area contributed by atoms with Gasteiger partial charge in [0.25, 0.3) is 0 Å². The molecule has 0 nitrogen and oxygen atoms in total. The maximum Gasteiger partial charge on any atom is 0.161 e. The Morgan fingerprint density at radius 1 is 0.970 bits per heavy atom. The number of hydrogen-bond donors (Lipinski definition) is 0. The highest BCUT2D eigenvalue weighted by Gasteiger charge is 2.41. The second kappa shape index (κ2) is 10.8. The van der Waals surface area contributed by atoms with Gasteiger partial charge in [-0.15, -0.1) is 0 Å². The molecule has 0 N–H and O–H groups in total. The molecule has 4 rings (SSSR count). The molecule has 1 saturated carbocycles. The van der Waals surface area contributed by atoms with E-state index in [1.165, 1.54) is 43.2 Å². The molecule has 0 spiro atoms. The zero-order chi connectivity index (χ0) is 23.3. The fourth-order valence-electron chi connectivity index (χ4n) is 5.89. The van der Waals surface area contributed by atoms with Crippen molar-refractivity contribution < 1.29 is 8.78 Å². The van der Waals surface area contributed by atoms with Crippen LogP contribution in [0.2, 0.25) is 0 Å². The normalized spacial score (nSPS) is 27.4. The zero-order valence-electron chi connectivity index (χ0n) is 20.2. The Morgan fingerprint density at radius 2 is 1.70 bits per heavy atom. The van der Waals surface area contributed by atoms with Gasteiger partial charge in [0.15, 0.2) is 6.17 Å². The number of fused-ring (bicyclic) bond motifs is 1. The molecule has 2 aliphatic rings. The van der Waals surface area contributed by atoms with Gasteiger partial charge in [0.1, 0.15) is 5.83 Å². The topological polar surface area (TPSA) is 0 Å². The second-order valence-electron chi connectivity index (χ2n) is 10.2. The number of hydrogen-bond acceptors (Lipinski definition) is 0. The van der Waals surface area contributed by atoms with Gasteiger partial charge in [0.2, 0.25) is 0 Å². The molecule has 2 unspecified atom stereocenters. The van der Waals surface area contributed by atoms with Gasteiger partial charge < -0.3 is 0 Å². The molecule has 0 aliphatic heterocycles. The van der Waals surface area contributed by atoms with E-state index in [2.05, 4.69) is 37.3 Å². The Morgan fingerprint density at radius 3 is 2.39 bits per heavy atom. The summed E-state index contributed by atoms with van der Waals surface area (Å²) in [6.45, 7) is 4.28. The van der Waals surface area contributed by atoms with Crippen molar-refractivity contribution in [3.63, 3.8) is 0 Å². The first-order chi connectivity index (χ1) is 16.1. The largest absolute Gasteiger partial charge is 0.239 e. The van der Waals surface area contributed by atoms with Crippen molar-refractivity contribution in [2.24, 2.45) is 11.3 Å². The first-order valence-corrected chi connectivity index (χ1v) is 12.9. The van der Waals surface area contributed by atoms with Crippen LogP contribution in [0.25, 0.3) is 11.9 Å². The molecule has 1 fully saturated rings. The van der Waals surface area contributed by atoms with Crippen LogP contribution in [0.4, 0.5) is 8.78 Å². The molecule has 2 aromatic carbocycles. The summed E-state index contributed by atoms with van der Waals surface area (Å²) in [6.07, 6.45) is 13.8. The molecular weight excluding hydrogens is 410 g/mol. The lowest BCUT2D eigenvalue weighted by Gasteiger charge is -2.35. The minimum Gasteiger partial charge on any atom is -0.239 e. The fourth-order valence-corrected chi connectivity index (χ4v) is 5.89. The standard InChI is InChI=1S/C31H38F2/c1-3-5-8-20-31(22-27-9-6-7-10-28(27)29(32)30(31)33)21-19-24-13-17-26(18-14-24)25-15-11-23(4-2)12-16-25/h3,5-7,9-10,13-14,17-18,22-23,25,30H,4,8,11-12,15-16,19-21H2,1-2H3/b5-3+. The molecule has 2 aromatic rings. The van der Waals surface area contributed by atoms with Crippen molar-refractivity contribution in [1.82, 2.24) is 0 Å². The van der Waals surface area contributed by atoms with Crippen LogP contribution < -0.4 is 10.4 Å². The summed E-state index contributed by atoms with van der Waals surface area (Å²) in [4.78, 5) is 0. The van der Waals surface area contributed by atoms with Crippen LogP contribution in [-0.4, -0.2) is 6.17 Å². The van der Waals surface area contributed by atoms with E-state index < -0.39 is 17.4 Å². The Bertz CT molecular complexity index is 1060. The summed E-state index contributed by atoms with van der Waals surface area (Å²) < 4.78 is 30.7. The summed E-state index contributed by atoms with van der Waals surface area (Å²) in [6, 6.07) is 16.3. The number of aryl methyl sites for hydroxylation is 1. The summed E-state index contributed by atoms with van der Waals surface area (Å²) in [7, 11) is 0. The average Bonchev–Trinajstić information content (AvgIpc) is 2.86. The molecule has 0 heterocycles. The second-order valence-corrected chi connectivity index (χ2v) is 10.2. The maximum atomic E-state index is 15.6. The van der Waals surface area contributed by atoms with Crippen molar-refractivity contribution in [3.05, 3.63) is 82.2 Å². The molecule has 0 saturated heterocycles. The smallest absolute Gasteiger partial charge is 0.161 e. The third-order valence-corrected chi connectivity index (χ3v) is 8.15. The van der Waals surface area contributed by atoms with Crippen LogP contribution in [0.15, 0.2) is 60.7 Å². The van der Waals surface area contributed by atoms with E-state index in [-0.39, 0.29) is 0 Å². The van der Waals surface area contributed by atoms with Crippen molar-refractivity contribution in [1.29, 1.82) is 0 Å². The third kappa shape index (κ3) is 5.31. The van der Waals surface area contributed by atoms with Crippen LogP contribution in [0.3, 0.4) is 0 Å². The quantitative estimate of drug-likeness (QED) is 0.366. The van der Waals surface area contributed by atoms with Crippen LogP contribution in [0, 0.1) is 11.3 Å². The maximum absolute atomic E-state index is 15.6. The molecule has 2 heteroatoms. The van der Waals surface area contributed by atoms with Gasteiger partial charge in [0.05, 0.1) is 0 Å². The zero-order valence-corrected chi connectivity index (χ0v) is 20.2. The highest BCUT2D eigenvalue weighted by atomic mass is 19.2. The van der Waals surface area contributed by atoms with Gasteiger partial charge in [-0.1, -0.05) is 80.1 Å². The summed E-state index contributed by atoms with van der Waals surface area (Å²) in [5.41, 5.74) is 1.85. The minimum atomic E-state index is -1.59. The Hall–Kier alpha value is -2.22. The van der Waals surface area contributed by atoms with Crippen molar-refractivity contribution >= 4 is 11.9 Å². The number of rotatable bonds is 8. The van der Waals surface area contributed by atoms with Crippen LogP contribution >= 0.6 is 0 Å². The van der Waals surface area contributed by atoms with Gasteiger partial charge in [-0.3, -0.25) is 0 Å². The molecular formula is C31H38F2. The average molecular weight is 449 g/mol. The molecule has 0 aromatic heterocycles. The minimum absolute atomic E-state index is 0.411. The van der Waals surface area contributed by atoms with Crippen molar-refractivity contribution in [2.75, 3.05) is 0 Å². The summed E-state index contributed by atoms with van der Waals surface area (Å²) in [5, 5.41) is 1.23. The summed E-state index contributed by atoms with van der Waals surface area (Å²) in [5.74, 6) is 0.977. The monoisotopic (exact) mass is 448 g/mol. The molecule has 176 valence electrons. The number of alkyl halides is 1. The number of allylic oxidation sites excluding steroid dienone is 2. The lowest BCUT2D eigenvalue weighted by atomic mass is 9.71.